The molecule has 3 aromatic rings. The molecule has 4 rings (SSSR count). The van der Waals surface area contributed by atoms with Crippen LogP contribution in [0.1, 0.15) is 21.1 Å². The number of halogens is 1. The van der Waals surface area contributed by atoms with Gasteiger partial charge in [-0.3, -0.25) is 9.69 Å². The van der Waals surface area contributed by atoms with Crippen molar-refractivity contribution in [2.45, 2.75) is 13.8 Å². The largest absolute Gasteiger partial charge is 0.378 e. The Hall–Kier alpha value is -2.91. The molecule has 0 unspecified atom stereocenters. The number of carbonyl (C=O) groups is 1. The Bertz CT molecular complexity index is 1270. The highest BCUT2D eigenvalue weighted by Gasteiger charge is 2.20. The molecule has 1 aliphatic rings. The Labute approximate surface area is 255 Å². The van der Waals surface area contributed by atoms with Crippen LogP contribution in [0.15, 0.2) is 30.5 Å². The van der Waals surface area contributed by atoms with Crippen LogP contribution in [0.5, 0.6) is 0 Å². The molecule has 228 valence electrons. The molecule has 3 heterocycles. The highest BCUT2D eigenvalue weighted by Crippen LogP contribution is 2.28. The van der Waals surface area contributed by atoms with E-state index in [1.54, 1.807) is 12.3 Å². The molecular formula is C28H39ClN8O4S. The first-order chi connectivity index (χ1) is 20.4. The summed E-state index contributed by atoms with van der Waals surface area (Å²) in [5, 5.41) is 7.17. The Morgan fingerprint density at radius 2 is 1.74 bits per heavy atom. The van der Waals surface area contributed by atoms with Gasteiger partial charge in [0.2, 0.25) is 0 Å². The van der Waals surface area contributed by atoms with Crippen molar-refractivity contribution >= 4 is 51.3 Å². The van der Waals surface area contributed by atoms with Gasteiger partial charge in [-0.2, -0.15) is 0 Å². The molecule has 0 radical (unpaired) electrons. The van der Waals surface area contributed by atoms with Crippen molar-refractivity contribution < 1.29 is 19.0 Å². The second-order valence-electron chi connectivity index (χ2n) is 9.65. The first kappa shape index (κ1) is 32.0. The molecule has 0 aliphatic carbocycles. The molecular weight excluding hydrogens is 580 g/mol. The summed E-state index contributed by atoms with van der Waals surface area (Å²) in [4.78, 5) is 31.5. The molecule has 1 fully saturated rings. The molecule has 42 heavy (non-hydrogen) atoms. The van der Waals surface area contributed by atoms with Crippen LogP contribution in [0.25, 0.3) is 0 Å². The van der Waals surface area contributed by atoms with Crippen molar-refractivity contribution in [1.29, 1.82) is 0 Å². The summed E-state index contributed by atoms with van der Waals surface area (Å²) in [6.45, 7) is 12.2. The number of benzene rings is 1. The zero-order valence-corrected chi connectivity index (χ0v) is 25.7. The lowest BCUT2D eigenvalue weighted by molar-refractivity contribution is 0.0116. The summed E-state index contributed by atoms with van der Waals surface area (Å²) in [5.41, 5.74) is 6.86. The highest BCUT2D eigenvalue weighted by molar-refractivity contribution is 7.17. The molecule has 2 aromatic heterocycles. The Balaban J connectivity index is 1.21. The van der Waals surface area contributed by atoms with E-state index in [4.69, 9.17) is 31.5 Å². The molecule has 1 amide bonds. The third-order valence-electron chi connectivity index (χ3n) is 6.50. The molecule has 1 aromatic carbocycles. The van der Waals surface area contributed by atoms with Crippen LogP contribution in [0, 0.1) is 13.8 Å². The zero-order chi connectivity index (χ0) is 29.7. The lowest BCUT2D eigenvalue weighted by Gasteiger charge is -2.35. The van der Waals surface area contributed by atoms with E-state index in [1.165, 1.54) is 11.3 Å². The van der Waals surface area contributed by atoms with Crippen LogP contribution < -0.4 is 21.3 Å². The van der Waals surface area contributed by atoms with Crippen molar-refractivity contribution in [2.24, 2.45) is 5.73 Å². The summed E-state index contributed by atoms with van der Waals surface area (Å²) >= 11 is 7.50. The van der Waals surface area contributed by atoms with E-state index in [1.807, 2.05) is 32.0 Å². The topological polar surface area (TPSA) is 140 Å². The average molecular weight is 619 g/mol. The Morgan fingerprint density at radius 3 is 2.45 bits per heavy atom. The zero-order valence-electron chi connectivity index (χ0n) is 24.1. The Morgan fingerprint density at radius 1 is 1.02 bits per heavy atom. The number of anilines is 4. The summed E-state index contributed by atoms with van der Waals surface area (Å²) in [6, 6.07) is 7.41. The van der Waals surface area contributed by atoms with E-state index in [0.29, 0.717) is 78.5 Å². The number of ether oxygens (including phenoxy) is 3. The van der Waals surface area contributed by atoms with Gasteiger partial charge in [0.1, 0.15) is 22.3 Å². The number of para-hydroxylation sites is 1. The summed E-state index contributed by atoms with van der Waals surface area (Å²) < 4.78 is 16.5. The van der Waals surface area contributed by atoms with Gasteiger partial charge in [-0.15, -0.1) is 0 Å². The molecule has 0 spiro atoms. The molecule has 0 saturated carbocycles. The first-order valence-corrected chi connectivity index (χ1v) is 15.2. The van der Waals surface area contributed by atoms with Gasteiger partial charge in [0.15, 0.2) is 5.13 Å². The minimum Gasteiger partial charge on any atom is -0.378 e. The minimum atomic E-state index is -0.267. The number of aromatic nitrogens is 3. The van der Waals surface area contributed by atoms with Gasteiger partial charge >= 0.3 is 0 Å². The number of rotatable bonds is 16. The summed E-state index contributed by atoms with van der Waals surface area (Å²) in [7, 11) is 0. The molecule has 12 nitrogen and oxygen atoms in total. The minimum absolute atomic E-state index is 0.267. The number of carbonyl (C=O) groups excluding carboxylic acids is 1. The van der Waals surface area contributed by atoms with Crippen molar-refractivity contribution in [3.63, 3.8) is 0 Å². The van der Waals surface area contributed by atoms with Crippen molar-refractivity contribution in [3.05, 3.63) is 51.7 Å². The molecule has 4 N–H and O–H groups in total. The fourth-order valence-corrected chi connectivity index (χ4v) is 5.30. The van der Waals surface area contributed by atoms with Crippen LogP contribution in [-0.2, 0) is 14.2 Å². The summed E-state index contributed by atoms with van der Waals surface area (Å²) in [6.07, 6.45) is 1.54. The summed E-state index contributed by atoms with van der Waals surface area (Å²) in [5.74, 6) is 1.88. The first-order valence-electron chi connectivity index (χ1n) is 14.0. The van der Waals surface area contributed by atoms with Gasteiger partial charge in [-0.1, -0.05) is 35.1 Å². The monoisotopic (exact) mass is 618 g/mol. The number of hydrogen-bond donors (Lipinski definition) is 3. The maximum atomic E-state index is 12.8. The normalized spacial score (nSPS) is 13.9. The third kappa shape index (κ3) is 9.83. The van der Waals surface area contributed by atoms with Crippen molar-refractivity contribution in [1.82, 2.24) is 19.9 Å². The number of nitrogens with two attached hydrogens (primary N) is 1. The predicted octanol–water partition coefficient (Wildman–Crippen LogP) is 3.33. The number of piperazine rings is 1. The lowest BCUT2D eigenvalue weighted by Crippen LogP contribution is -2.47. The van der Waals surface area contributed by atoms with Gasteiger partial charge in [0.25, 0.3) is 5.91 Å². The SMILES string of the molecule is Cc1nc(Nc2ncc(C(=O)Nc3c(C)cccc3Cl)s2)cc(N2CCN(CCOCCOCCOCCN)CC2)n1. The fraction of sp³-hybridized carbons (Fsp3) is 0.500. The molecule has 1 aliphatic heterocycles. The number of thiazole rings is 1. The maximum absolute atomic E-state index is 12.8. The maximum Gasteiger partial charge on any atom is 0.267 e. The fourth-order valence-electron chi connectivity index (χ4n) is 4.31. The highest BCUT2D eigenvalue weighted by atomic mass is 35.5. The van der Waals surface area contributed by atoms with Crippen molar-refractivity contribution in [3.8, 4) is 0 Å². The average Bonchev–Trinajstić information content (AvgIpc) is 3.44. The lowest BCUT2D eigenvalue weighted by atomic mass is 10.2. The predicted molar refractivity (Wildman–Crippen MR) is 166 cm³/mol. The van der Waals surface area contributed by atoms with Crippen LogP contribution in [0.4, 0.5) is 22.5 Å². The van der Waals surface area contributed by atoms with E-state index in [9.17, 15) is 4.79 Å². The quantitative estimate of drug-likeness (QED) is 0.204. The van der Waals surface area contributed by atoms with Crippen LogP contribution in [0.3, 0.4) is 0 Å². The van der Waals surface area contributed by atoms with E-state index in [2.05, 4.69) is 35.4 Å². The van der Waals surface area contributed by atoms with Gasteiger partial charge in [-0.25, -0.2) is 15.0 Å². The van der Waals surface area contributed by atoms with Gasteiger partial charge in [0.05, 0.1) is 56.5 Å². The van der Waals surface area contributed by atoms with Gasteiger partial charge in [0, 0.05) is 45.3 Å². The van der Waals surface area contributed by atoms with Crippen LogP contribution >= 0.6 is 22.9 Å². The standard InChI is InChI=1S/C28H39ClN8O4S/c1-20-4-3-5-22(29)26(20)35-27(38)23-19-31-28(42-23)34-24-18-25(33-21(2)32-24)37-9-7-36(8-10-37)11-13-40-15-17-41-16-14-39-12-6-30/h3-5,18-19H,6-17,30H2,1-2H3,(H,35,38)(H,31,32,33,34). The molecule has 1 saturated heterocycles. The number of amides is 1. The van der Waals surface area contributed by atoms with E-state index < -0.39 is 0 Å². The van der Waals surface area contributed by atoms with E-state index in [-0.39, 0.29) is 5.91 Å². The van der Waals surface area contributed by atoms with Gasteiger partial charge in [-0.05, 0) is 25.5 Å². The number of nitrogens with zero attached hydrogens (tertiary/aromatic N) is 5. The van der Waals surface area contributed by atoms with Crippen LogP contribution in [0.2, 0.25) is 5.02 Å². The number of aryl methyl sites for hydroxylation is 2. The molecule has 0 atom stereocenters. The van der Waals surface area contributed by atoms with Crippen LogP contribution in [-0.4, -0.2) is 105 Å². The van der Waals surface area contributed by atoms with Crippen molar-refractivity contribution in [2.75, 3.05) is 94.4 Å². The third-order valence-corrected chi connectivity index (χ3v) is 7.73. The second kappa shape index (κ2) is 16.7. The van der Waals surface area contributed by atoms with E-state index in [0.717, 1.165) is 44.1 Å². The smallest absolute Gasteiger partial charge is 0.267 e. The number of nitrogens with one attached hydrogen (secondary N) is 2. The van der Waals surface area contributed by atoms with E-state index >= 15 is 0 Å². The second-order valence-corrected chi connectivity index (χ2v) is 11.1. The molecule has 0 bridgehead atoms. The number of hydrogen-bond acceptors (Lipinski definition) is 12. The molecule has 14 heteroatoms. The van der Waals surface area contributed by atoms with Gasteiger partial charge < -0.3 is 35.5 Å². The Kier molecular flexibility index (Phi) is 12.7.